The number of aromatic nitrogens is 3. The Hall–Kier alpha value is -2.17. The molecule has 1 aliphatic rings. The number of carboxylic acid groups (broad SMARTS) is 1. The maximum atomic E-state index is 11.5. The highest BCUT2D eigenvalue weighted by atomic mass is 16.4. The maximum Gasteiger partial charge on any atom is 0.339 e. The molecule has 1 aliphatic carbocycles. The summed E-state index contributed by atoms with van der Waals surface area (Å²) in [5, 5.41) is 13.9. The molecular formula is C15H17N3O2. The van der Waals surface area contributed by atoms with Crippen LogP contribution in [0, 0.1) is 20.8 Å². The summed E-state index contributed by atoms with van der Waals surface area (Å²) in [7, 11) is 0. The fraction of sp³-hybridized carbons (Fsp3) is 0.400. The molecule has 5 heteroatoms. The third-order valence-electron chi connectivity index (χ3n) is 4.11. The summed E-state index contributed by atoms with van der Waals surface area (Å²) in [5.41, 5.74) is 5.22. The van der Waals surface area contributed by atoms with Gasteiger partial charge in [0.15, 0.2) is 5.82 Å². The van der Waals surface area contributed by atoms with Gasteiger partial charge in [0.25, 0.3) is 0 Å². The Bertz CT molecular complexity index is 716. The summed E-state index contributed by atoms with van der Waals surface area (Å²) in [6.45, 7) is 5.85. The van der Waals surface area contributed by atoms with Crippen molar-refractivity contribution in [1.29, 1.82) is 0 Å². The Kier molecular flexibility index (Phi) is 2.85. The van der Waals surface area contributed by atoms with Gasteiger partial charge in [0, 0.05) is 11.4 Å². The molecule has 3 rings (SSSR count). The van der Waals surface area contributed by atoms with Crippen LogP contribution < -0.4 is 0 Å². The van der Waals surface area contributed by atoms with E-state index >= 15 is 0 Å². The van der Waals surface area contributed by atoms with Gasteiger partial charge >= 0.3 is 5.97 Å². The summed E-state index contributed by atoms with van der Waals surface area (Å²) in [6.07, 6.45) is 2.88. The number of carboxylic acids is 1. The topological polar surface area (TPSA) is 68.0 Å². The van der Waals surface area contributed by atoms with Gasteiger partial charge in [0.2, 0.25) is 0 Å². The lowest BCUT2D eigenvalue weighted by atomic mass is 10.1. The molecule has 5 nitrogen and oxygen atoms in total. The molecule has 0 fully saturated rings. The average Bonchev–Trinajstić information content (AvgIpc) is 2.97. The van der Waals surface area contributed by atoms with E-state index in [-0.39, 0.29) is 5.56 Å². The Labute approximate surface area is 117 Å². The number of pyridine rings is 1. The van der Waals surface area contributed by atoms with Crippen molar-refractivity contribution in [3.05, 3.63) is 39.8 Å². The molecule has 0 atom stereocenters. The van der Waals surface area contributed by atoms with E-state index in [0.29, 0.717) is 5.82 Å². The zero-order valence-corrected chi connectivity index (χ0v) is 11.9. The number of carbonyl (C=O) groups is 1. The molecule has 0 unspecified atom stereocenters. The van der Waals surface area contributed by atoms with Crippen LogP contribution in [0.3, 0.4) is 0 Å². The highest BCUT2D eigenvalue weighted by Crippen LogP contribution is 2.26. The lowest BCUT2D eigenvalue weighted by Crippen LogP contribution is -2.12. The minimum atomic E-state index is -0.951. The first kappa shape index (κ1) is 12.8. The van der Waals surface area contributed by atoms with Crippen LogP contribution >= 0.6 is 0 Å². The van der Waals surface area contributed by atoms with Crippen molar-refractivity contribution in [2.24, 2.45) is 0 Å². The standard InChI is InChI=1S/C15H17N3O2/c1-8-9(2)17-18(10(8)3)14-12(15(19)20)7-11-5-4-6-13(11)16-14/h7H,4-6H2,1-3H3,(H,19,20). The fourth-order valence-corrected chi connectivity index (χ4v) is 2.71. The Morgan fingerprint density at radius 2 is 2.05 bits per heavy atom. The van der Waals surface area contributed by atoms with E-state index in [0.717, 1.165) is 47.5 Å². The van der Waals surface area contributed by atoms with Crippen molar-refractivity contribution in [1.82, 2.24) is 14.8 Å². The molecule has 0 aromatic carbocycles. The molecule has 0 saturated heterocycles. The van der Waals surface area contributed by atoms with Crippen LogP contribution in [0.2, 0.25) is 0 Å². The van der Waals surface area contributed by atoms with Crippen LogP contribution in [0.4, 0.5) is 0 Å². The van der Waals surface area contributed by atoms with E-state index in [2.05, 4.69) is 10.1 Å². The van der Waals surface area contributed by atoms with Crippen molar-refractivity contribution >= 4 is 5.97 Å². The van der Waals surface area contributed by atoms with Gasteiger partial charge in [-0.1, -0.05) is 0 Å². The van der Waals surface area contributed by atoms with Crippen molar-refractivity contribution in [3.63, 3.8) is 0 Å². The first-order valence-electron chi connectivity index (χ1n) is 6.78. The van der Waals surface area contributed by atoms with Gasteiger partial charge in [0.05, 0.1) is 5.69 Å². The van der Waals surface area contributed by atoms with E-state index in [1.165, 1.54) is 0 Å². The van der Waals surface area contributed by atoms with Gasteiger partial charge in [-0.2, -0.15) is 5.10 Å². The van der Waals surface area contributed by atoms with Crippen LogP contribution in [0.15, 0.2) is 6.07 Å². The SMILES string of the molecule is Cc1nn(-c2nc3c(cc2C(=O)O)CCC3)c(C)c1C. The summed E-state index contributed by atoms with van der Waals surface area (Å²) in [6, 6.07) is 1.76. The van der Waals surface area contributed by atoms with Crippen molar-refractivity contribution in [2.75, 3.05) is 0 Å². The van der Waals surface area contributed by atoms with Crippen LogP contribution in [0.1, 0.15) is 45.0 Å². The van der Waals surface area contributed by atoms with Gasteiger partial charge < -0.3 is 5.11 Å². The number of aryl methyl sites for hydroxylation is 3. The molecule has 0 radical (unpaired) electrons. The summed E-state index contributed by atoms with van der Waals surface area (Å²) in [5.74, 6) is -0.515. The number of aromatic carboxylic acids is 1. The second-order valence-corrected chi connectivity index (χ2v) is 5.33. The number of hydrogen-bond donors (Lipinski definition) is 1. The van der Waals surface area contributed by atoms with Gasteiger partial charge in [0.1, 0.15) is 5.56 Å². The van der Waals surface area contributed by atoms with E-state index < -0.39 is 5.97 Å². The lowest BCUT2D eigenvalue weighted by Gasteiger charge is -2.10. The Morgan fingerprint density at radius 1 is 1.30 bits per heavy atom. The van der Waals surface area contributed by atoms with Crippen LogP contribution in [-0.4, -0.2) is 25.8 Å². The second-order valence-electron chi connectivity index (χ2n) is 5.33. The van der Waals surface area contributed by atoms with Crippen molar-refractivity contribution in [2.45, 2.75) is 40.0 Å². The number of hydrogen-bond acceptors (Lipinski definition) is 3. The van der Waals surface area contributed by atoms with E-state index in [1.54, 1.807) is 10.7 Å². The van der Waals surface area contributed by atoms with E-state index in [1.807, 2.05) is 20.8 Å². The first-order chi connectivity index (χ1) is 9.49. The van der Waals surface area contributed by atoms with Crippen molar-refractivity contribution in [3.8, 4) is 5.82 Å². The first-order valence-corrected chi connectivity index (χ1v) is 6.78. The number of fused-ring (bicyclic) bond motifs is 1. The molecule has 2 aromatic heterocycles. The highest BCUT2D eigenvalue weighted by molar-refractivity contribution is 5.91. The van der Waals surface area contributed by atoms with Crippen LogP contribution in [-0.2, 0) is 12.8 Å². The third-order valence-corrected chi connectivity index (χ3v) is 4.11. The zero-order chi connectivity index (χ0) is 14.4. The van der Waals surface area contributed by atoms with Gasteiger partial charge in [-0.3, -0.25) is 0 Å². The Balaban J connectivity index is 2.27. The van der Waals surface area contributed by atoms with Crippen LogP contribution in [0.5, 0.6) is 0 Å². The second kappa shape index (κ2) is 4.44. The maximum absolute atomic E-state index is 11.5. The molecule has 2 aromatic rings. The monoisotopic (exact) mass is 271 g/mol. The number of rotatable bonds is 2. The third kappa shape index (κ3) is 1.81. The predicted molar refractivity (Wildman–Crippen MR) is 74.6 cm³/mol. The zero-order valence-electron chi connectivity index (χ0n) is 11.9. The minimum absolute atomic E-state index is 0.233. The minimum Gasteiger partial charge on any atom is -0.478 e. The summed E-state index contributed by atoms with van der Waals surface area (Å²) >= 11 is 0. The van der Waals surface area contributed by atoms with E-state index in [4.69, 9.17) is 0 Å². The molecular weight excluding hydrogens is 254 g/mol. The average molecular weight is 271 g/mol. The molecule has 0 aliphatic heterocycles. The van der Waals surface area contributed by atoms with Gasteiger partial charge in [-0.15, -0.1) is 0 Å². The summed E-state index contributed by atoms with van der Waals surface area (Å²) in [4.78, 5) is 16.1. The normalized spacial score (nSPS) is 13.6. The largest absolute Gasteiger partial charge is 0.478 e. The lowest BCUT2D eigenvalue weighted by molar-refractivity contribution is 0.0696. The van der Waals surface area contributed by atoms with Crippen molar-refractivity contribution < 1.29 is 9.90 Å². The number of nitrogens with zero attached hydrogens (tertiary/aromatic N) is 3. The van der Waals surface area contributed by atoms with Crippen LogP contribution in [0.25, 0.3) is 5.82 Å². The molecule has 2 heterocycles. The molecule has 104 valence electrons. The smallest absolute Gasteiger partial charge is 0.339 e. The quantitative estimate of drug-likeness (QED) is 0.910. The van der Waals surface area contributed by atoms with E-state index in [9.17, 15) is 9.90 Å². The Morgan fingerprint density at radius 3 is 2.65 bits per heavy atom. The molecule has 1 N–H and O–H groups in total. The van der Waals surface area contributed by atoms with Gasteiger partial charge in [-0.25, -0.2) is 14.5 Å². The molecule has 0 bridgehead atoms. The molecule has 0 spiro atoms. The predicted octanol–water partition coefficient (Wildman–Crippen LogP) is 2.38. The highest BCUT2D eigenvalue weighted by Gasteiger charge is 2.23. The van der Waals surface area contributed by atoms with Gasteiger partial charge in [-0.05, 0) is 57.2 Å². The fourth-order valence-electron chi connectivity index (χ4n) is 2.71. The molecule has 20 heavy (non-hydrogen) atoms. The molecule has 0 saturated carbocycles. The summed E-state index contributed by atoms with van der Waals surface area (Å²) < 4.78 is 1.66. The molecule has 0 amide bonds.